The molecule has 3 nitrogen and oxygen atoms in total. The van der Waals surface area contributed by atoms with Crippen molar-refractivity contribution in [3.05, 3.63) is 18.0 Å². The molecule has 0 fully saturated rings. The molecule has 0 saturated carbocycles. The number of rotatable bonds is 7. The van der Waals surface area contributed by atoms with E-state index in [-0.39, 0.29) is 6.67 Å². The van der Waals surface area contributed by atoms with Crippen LogP contribution in [0.15, 0.2) is 12.4 Å². The highest BCUT2D eigenvalue weighted by molar-refractivity contribution is 5.03. The first-order valence-corrected chi connectivity index (χ1v) is 5.15. The predicted octanol–water partition coefficient (Wildman–Crippen LogP) is 1.74. The first-order valence-electron chi connectivity index (χ1n) is 5.15. The number of unbranched alkanes of at least 4 members (excludes halogenated alkanes) is 1. The second-order valence-corrected chi connectivity index (χ2v) is 3.33. The van der Waals surface area contributed by atoms with E-state index in [1.54, 1.807) is 10.9 Å². The van der Waals surface area contributed by atoms with Gasteiger partial charge in [-0.25, -0.2) is 4.39 Å². The van der Waals surface area contributed by atoms with Crippen LogP contribution in [0.25, 0.3) is 0 Å². The molecule has 0 amide bonds. The first-order chi connectivity index (χ1) is 6.86. The Balaban J connectivity index is 2.22. The van der Waals surface area contributed by atoms with Crippen LogP contribution in [0.5, 0.6) is 0 Å². The van der Waals surface area contributed by atoms with Crippen LogP contribution in [0.3, 0.4) is 0 Å². The van der Waals surface area contributed by atoms with E-state index in [0.717, 1.165) is 18.7 Å². The zero-order valence-electron chi connectivity index (χ0n) is 8.67. The lowest BCUT2D eigenvalue weighted by Gasteiger charge is -2.00. The average molecular weight is 199 g/mol. The van der Waals surface area contributed by atoms with E-state index in [2.05, 4.69) is 17.3 Å². The number of nitrogens with one attached hydrogen (secondary N) is 1. The summed E-state index contributed by atoms with van der Waals surface area (Å²) < 4.78 is 13.6. The third-order valence-corrected chi connectivity index (χ3v) is 2.04. The SMILES string of the molecule is CCCCNCc1cnn(CCF)c1. The van der Waals surface area contributed by atoms with Gasteiger partial charge < -0.3 is 5.32 Å². The Labute approximate surface area is 84.3 Å². The Morgan fingerprint density at radius 2 is 2.43 bits per heavy atom. The second kappa shape index (κ2) is 6.54. The third-order valence-electron chi connectivity index (χ3n) is 2.04. The zero-order chi connectivity index (χ0) is 10.2. The molecule has 4 heteroatoms. The molecule has 1 rings (SSSR count). The van der Waals surface area contributed by atoms with Crippen molar-refractivity contribution in [1.29, 1.82) is 0 Å². The largest absolute Gasteiger partial charge is 0.313 e. The number of aromatic nitrogens is 2. The maximum Gasteiger partial charge on any atom is 0.109 e. The summed E-state index contributed by atoms with van der Waals surface area (Å²) in [6.45, 7) is 4.03. The molecule has 0 radical (unpaired) electrons. The van der Waals surface area contributed by atoms with Crippen molar-refractivity contribution in [2.75, 3.05) is 13.2 Å². The molecule has 0 unspecified atom stereocenters. The molecule has 0 atom stereocenters. The molecule has 14 heavy (non-hydrogen) atoms. The molecule has 80 valence electrons. The lowest BCUT2D eigenvalue weighted by atomic mass is 10.3. The van der Waals surface area contributed by atoms with Crippen LogP contribution in [0.2, 0.25) is 0 Å². The van der Waals surface area contributed by atoms with Gasteiger partial charge in [0.15, 0.2) is 0 Å². The first kappa shape index (κ1) is 11.2. The fourth-order valence-corrected chi connectivity index (χ4v) is 1.24. The molecule has 1 N–H and O–H groups in total. The number of hydrogen-bond donors (Lipinski definition) is 1. The Morgan fingerprint density at radius 1 is 1.57 bits per heavy atom. The highest BCUT2D eigenvalue weighted by atomic mass is 19.1. The molecule has 1 aromatic heterocycles. The van der Waals surface area contributed by atoms with E-state index < -0.39 is 0 Å². The quantitative estimate of drug-likeness (QED) is 0.678. The van der Waals surface area contributed by atoms with Crippen molar-refractivity contribution in [2.45, 2.75) is 32.9 Å². The molecule has 0 aliphatic carbocycles. The molecule has 0 aliphatic rings. The van der Waals surface area contributed by atoms with Gasteiger partial charge in [-0.3, -0.25) is 4.68 Å². The summed E-state index contributed by atoms with van der Waals surface area (Å²) in [6.07, 6.45) is 6.07. The monoisotopic (exact) mass is 199 g/mol. The molecule has 0 aliphatic heterocycles. The van der Waals surface area contributed by atoms with Gasteiger partial charge in [0.2, 0.25) is 0 Å². The van der Waals surface area contributed by atoms with Crippen LogP contribution in [0.1, 0.15) is 25.3 Å². The van der Waals surface area contributed by atoms with Gasteiger partial charge >= 0.3 is 0 Å². The fourth-order valence-electron chi connectivity index (χ4n) is 1.24. The highest BCUT2D eigenvalue weighted by Crippen LogP contribution is 1.97. The summed E-state index contributed by atoms with van der Waals surface area (Å²) in [7, 11) is 0. The second-order valence-electron chi connectivity index (χ2n) is 3.33. The van der Waals surface area contributed by atoms with Crippen molar-refractivity contribution in [2.24, 2.45) is 0 Å². The number of alkyl halides is 1. The molecular weight excluding hydrogens is 181 g/mol. The van der Waals surface area contributed by atoms with Gasteiger partial charge in [0.1, 0.15) is 6.67 Å². The minimum atomic E-state index is -0.357. The van der Waals surface area contributed by atoms with Gasteiger partial charge in [-0.15, -0.1) is 0 Å². The third kappa shape index (κ3) is 3.87. The smallest absolute Gasteiger partial charge is 0.109 e. The van der Waals surface area contributed by atoms with Crippen molar-refractivity contribution in [3.63, 3.8) is 0 Å². The number of aryl methyl sites for hydroxylation is 1. The highest BCUT2D eigenvalue weighted by Gasteiger charge is 1.97. The van der Waals surface area contributed by atoms with Crippen LogP contribution >= 0.6 is 0 Å². The van der Waals surface area contributed by atoms with Crippen LogP contribution in [-0.2, 0) is 13.1 Å². The Bertz CT molecular complexity index is 247. The van der Waals surface area contributed by atoms with Crippen molar-refractivity contribution in [1.82, 2.24) is 15.1 Å². The lowest BCUT2D eigenvalue weighted by Crippen LogP contribution is -2.13. The molecule has 0 bridgehead atoms. The summed E-state index contributed by atoms with van der Waals surface area (Å²) in [6, 6.07) is 0. The minimum absolute atomic E-state index is 0.356. The zero-order valence-corrected chi connectivity index (χ0v) is 8.67. The van der Waals surface area contributed by atoms with E-state index >= 15 is 0 Å². The van der Waals surface area contributed by atoms with Gasteiger partial charge in [-0.1, -0.05) is 13.3 Å². The van der Waals surface area contributed by atoms with E-state index in [9.17, 15) is 4.39 Å². The van der Waals surface area contributed by atoms with E-state index in [4.69, 9.17) is 0 Å². The topological polar surface area (TPSA) is 29.9 Å². The van der Waals surface area contributed by atoms with Crippen LogP contribution in [0.4, 0.5) is 4.39 Å². The Hall–Kier alpha value is -0.900. The minimum Gasteiger partial charge on any atom is -0.313 e. The normalized spacial score (nSPS) is 10.7. The maximum atomic E-state index is 12.0. The lowest BCUT2D eigenvalue weighted by molar-refractivity contribution is 0.427. The van der Waals surface area contributed by atoms with E-state index in [1.165, 1.54) is 12.8 Å². The maximum absolute atomic E-state index is 12.0. The van der Waals surface area contributed by atoms with Crippen LogP contribution < -0.4 is 5.32 Å². The molecule has 0 aromatic carbocycles. The van der Waals surface area contributed by atoms with Gasteiger partial charge in [0.05, 0.1) is 12.7 Å². The van der Waals surface area contributed by atoms with Gasteiger partial charge in [-0.2, -0.15) is 5.10 Å². The summed E-state index contributed by atoms with van der Waals surface area (Å²) in [5.41, 5.74) is 1.12. The summed E-state index contributed by atoms with van der Waals surface area (Å²) in [4.78, 5) is 0. The van der Waals surface area contributed by atoms with Crippen molar-refractivity contribution >= 4 is 0 Å². The van der Waals surface area contributed by atoms with Crippen molar-refractivity contribution < 1.29 is 4.39 Å². The summed E-state index contributed by atoms with van der Waals surface area (Å²) in [5, 5.41) is 7.35. The average Bonchev–Trinajstić information content (AvgIpc) is 2.61. The molecule has 1 aromatic rings. The number of hydrogen-bond acceptors (Lipinski definition) is 2. The van der Waals surface area contributed by atoms with Crippen LogP contribution in [-0.4, -0.2) is 23.0 Å². The Kier molecular flexibility index (Phi) is 5.22. The van der Waals surface area contributed by atoms with Crippen LogP contribution in [0, 0.1) is 0 Å². The number of nitrogens with zero attached hydrogens (tertiary/aromatic N) is 2. The fraction of sp³-hybridized carbons (Fsp3) is 0.700. The standard InChI is InChI=1S/C10H18FN3/c1-2-3-5-12-7-10-8-13-14(9-10)6-4-11/h8-9,12H,2-7H2,1H3. The van der Waals surface area contributed by atoms with Gasteiger partial charge in [0.25, 0.3) is 0 Å². The molecule has 0 saturated heterocycles. The van der Waals surface area contributed by atoms with E-state index in [1.807, 2.05) is 6.20 Å². The molecule has 1 heterocycles. The Morgan fingerprint density at radius 3 is 3.14 bits per heavy atom. The molecule has 0 spiro atoms. The molecular formula is C10H18FN3. The van der Waals surface area contributed by atoms with E-state index in [0.29, 0.717) is 6.54 Å². The summed E-state index contributed by atoms with van der Waals surface area (Å²) in [5.74, 6) is 0. The van der Waals surface area contributed by atoms with Gasteiger partial charge in [-0.05, 0) is 13.0 Å². The van der Waals surface area contributed by atoms with Gasteiger partial charge in [0, 0.05) is 18.3 Å². The van der Waals surface area contributed by atoms with Crippen molar-refractivity contribution in [3.8, 4) is 0 Å². The number of halogens is 1. The summed E-state index contributed by atoms with van der Waals surface area (Å²) >= 11 is 0. The predicted molar refractivity (Wildman–Crippen MR) is 54.8 cm³/mol.